The molecule has 1 aromatic carbocycles. The quantitative estimate of drug-likeness (QED) is 0.842. The molecular weight excluding hydrogens is 276 g/mol. The van der Waals surface area contributed by atoms with Gasteiger partial charge in [-0.15, -0.1) is 0 Å². The maximum atomic E-state index is 12.2. The van der Waals surface area contributed by atoms with Crippen molar-refractivity contribution in [3.8, 4) is 0 Å². The SMILES string of the molecule is CCC(=O)N(Cc1ccc(C)cc1)[C@H](C)C(=O)NCC(C)C. The van der Waals surface area contributed by atoms with Crippen LogP contribution in [0.15, 0.2) is 24.3 Å². The molecule has 0 spiro atoms. The molecule has 1 rings (SSSR count). The van der Waals surface area contributed by atoms with Gasteiger partial charge >= 0.3 is 0 Å². The van der Waals surface area contributed by atoms with E-state index in [2.05, 4.69) is 5.32 Å². The van der Waals surface area contributed by atoms with Crippen molar-refractivity contribution in [2.45, 2.75) is 53.6 Å². The smallest absolute Gasteiger partial charge is 0.242 e. The van der Waals surface area contributed by atoms with Gasteiger partial charge in [-0.05, 0) is 25.3 Å². The number of rotatable bonds is 7. The number of carbonyl (C=O) groups excluding carboxylic acids is 2. The Hall–Kier alpha value is -1.84. The van der Waals surface area contributed by atoms with Gasteiger partial charge in [-0.2, -0.15) is 0 Å². The summed E-state index contributed by atoms with van der Waals surface area (Å²) in [6.07, 6.45) is 0.396. The van der Waals surface area contributed by atoms with Crippen LogP contribution in [0, 0.1) is 12.8 Å². The highest BCUT2D eigenvalue weighted by Gasteiger charge is 2.24. The lowest BCUT2D eigenvalue weighted by molar-refractivity contribution is -0.140. The van der Waals surface area contributed by atoms with E-state index in [0.29, 0.717) is 25.4 Å². The zero-order valence-electron chi connectivity index (χ0n) is 14.3. The standard InChI is InChI=1S/C18H28N2O2/c1-6-17(21)20(12-16-9-7-14(4)8-10-16)15(5)18(22)19-11-13(2)3/h7-10,13,15H,6,11-12H2,1-5H3,(H,19,22)/t15-/m1/s1. The van der Waals surface area contributed by atoms with Gasteiger partial charge in [0.05, 0.1) is 0 Å². The molecule has 0 aliphatic carbocycles. The van der Waals surface area contributed by atoms with E-state index in [-0.39, 0.29) is 11.8 Å². The fraction of sp³-hybridized carbons (Fsp3) is 0.556. The van der Waals surface area contributed by atoms with Gasteiger partial charge in [0.2, 0.25) is 11.8 Å². The lowest BCUT2D eigenvalue weighted by Gasteiger charge is -2.28. The molecule has 2 amide bonds. The van der Waals surface area contributed by atoms with Gasteiger partial charge in [0.15, 0.2) is 0 Å². The van der Waals surface area contributed by atoms with Crippen molar-refractivity contribution in [3.05, 3.63) is 35.4 Å². The van der Waals surface area contributed by atoms with Gasteiger partial charge in [-0.3, -0.25) is 9.59 Å². The zero-order valence-corrected chi connectivity index (χ0v) is 14.3. The second-order valence-electron chi connectivity index (χ2n) is 6.18. The lowest BCUT2D eigenvalue weighted by Crippen LogP contribution is -2.48. The fourth-order valence-corrected chi connectivity index (χ4v) is 2.13. The molecule has 122 valence electrons. The second kappa shape index (κ2) is 8.57. The maximum absolute atomic E-state index is 12.2. The molecule has 1 aromatic rings. The van der Waals surface area contributed by atoms with Gasteiger partial charge in [0.25, 0.3) is 0 Å². The molecule has 22 heavy (non-hydrogen) atoms. The first-order valence-corrected chi connectivity index (χ1v) is 7.97. The Kier molecular flexibility index (Phi) is 7.09. The van der Waals surface area contributed by atoms with Crippen LogP contribution in [0.2, 0.25) is 0 Å². The Bertz CT molecular complexity index is 494. The van der Waals surface area contributed by atoms with Crippen molar-refractivity contribution in [2.24, 2.45) is 5.92 Å². The molecule has 0 bridgehead atoms. The van der Waals surface area contributed by atoms with E-state index < -0.39 is 6.04 Å². The lowest BCUT2D eigenvalue weighted by atomic mass is 10.1. The first-order valence-electron chi connectivity index (χ1n) is 7.97. The van der Waals surface area contributed by atoms with Gasteiger partial charge in [-0.25, -0.2) is 0 Å². The third-order valence-corrected chi connectivity index (χ3v) is 3.63. The number of hydrogen-bond donors (Lipinski definition) is 1. The topological polar surface area (TPSA) is 49.4 Å². The third kappa shape index (κ3) is 5.51. The molecule has 1 N–H and O–H groups in total. The number of carbonyl (C=O) groups is 2. The largest absolute Gasteiger partial charge is 0.354 e. The van der Waals surface area contributed by atoms with Crippen molar-refractivity contribution in [3.63, 3.8) is 0 Å². The van der Waals surface area contributed by atoms with E-state index in [1.165, 1.54) is 5.56 Å². The van der Waals surface area contributed by atoms with Crippen LogP contribution in [0.4, 0.5) is 0 Å². The van der Waals surface area contributed by atoms with E-state index >= 15 is 0 Å². The molecular formula is C18H28N2O2. The van der Waals surface area contributed by atoms with E-state index in [1.54, 1.807) is 11.8 Å². The summed E-state index contributed by atoms with van der Waals surface area (Å²) in [6, 6.07) is 7.59. The second-order valence-corrected chi connectivity index (χ2v) is 6.18. The Morgan fingerprint density at radius 1 is 1.14 bits per heavy atom. The Balaban J connectivity index is 2.81. The minimum atomic E-state index is -0.465. The number of amides is 2. The van der Waals surface area contributed by atoms with Crippen molar-refractivity contribution in [1.29, 1.82) is 0 Å². The predicted octanol–water partition coefficient (Wildman–Crippen LogP) is 2.89. The van der Waals surface area contributed by atoms with Crippen LogP contribution in [0.1, 0.15) is 45.2 Å². The summed E-state index contributed by atoms with van der Waals surface area (Å²) in [7, 11) is 0. The fourth-order valence-electron chi connectivity index (χ4n) is 2.13. The molecule has 0 saturated heterocycles. The third-order valence-electron chi connectivity index (χ3n) is 3.63. The highest BCUT2D eigenvalue weighted by atomic mass is 16.2. The Labute approximate surface area is 133 Å². The Morgan fingerprint density at radius 3 is 2.23 bits per heavy atom. The summed E-state index contributed by atoms with van der Waals surface area (Å²) in [5.41, 5.74) is 2.22. The van der Waals surface area contributed by atoms with Crippen molar-refractivity contribution < 1.29 is 9.59 Å². The van der Waals surface area contributed by atoms with Crippen LogP contribution < -0.4 is 5.32 Å². The summed E-state index contributed by atoms with van der Waals surface area (Å²) < 4.78 is 0. The first-order chi connectivity index (χ1) is 10.3. The maximum Gasteiger partial charge on any atom is 0.242 e. The average molecular weight is 304 g/mol. The summed E-state index contributed by atoms with van der Waals surface area (Å²) >= 11 is 0. The van der Waals surface area contributed by atoms with Crippen LogP contribution in [0.3, 0.4) is 0 Å². The summed E-state index contributed by atoms with van der Waals surface area (Å²) in [5.74, 6) is 0.291. The molecule has 0 fully saturated rings. The van der Waals surface area contributed by atoms with Gasteiger partial charge in [0, 0.05) is 19.5 Å². The van der Waals surface area contributed by atoms with Crippen LogP contribution >= 0.6 is 0 Å². The van der Waals surface area contributed by atoms with E-state index in [9.17, 15) is 9.59 Å². The number of nitrogens with one attached hydrogen (secondary N) is 1. The van der Waals surface area contributed by atoms with Crippen LogP contribution in [0.25, 0.3) is 0 Å². The molecule has 4 nitrogen and oxygen atoms in total. The molecule has 0 saturated carbocycles. The molecule has 1 atom stereocenters. The van der Waals surface area contributed by atoms with E-state index in [0.717, 1.165) is 5.56 Å². The molecule has 0 aliphatic heterocycles. The zero-order chi connectivity index (χ0) is 16.7. The molecule has 0 aliphatic rings. The van der Waals surface area contributed by atoms with Gasteiger partial charge in [0.1, 0.15) is 6.04 Å². The number of benzene rings is 1. The normalized spacial score (nSPS) is 12.1. The van der Waals surface area contributed by atoms with E-state index in [1.807, 2.05) is 52.0 Å². The van der Waals surface area contributed by atoms with Gasteiger partial charge < -0.3 is 10.2 Å². The van der Waals surface area contributed by atoms with Crippen LogP contribution in [0.5, 0.6) is 0 Å². The minimum Gasteiger partial charge on any atom is -0.354 e. The predicted molar refractivity (Wildman–Crippen MR) is 89.3 cm³/mol. The van der Waals surface area contributed by atoms with Crippen molar-refractivity contribution in [1.82, 2.24) is 10.2 Å². The number of hydrogen-bond acceptors (Lipinski definition) is 2. The minimum absolute atomic E-state index is 0.00669. The van der Waals surface area contributed by atoms with E-state index in [4.69, 9.17) is 0 Å². The number of nitrogens with zero attached hydrogens (tertiary/aromatic N) is 1. The number of aryl methyl sites for hydroxylation is 1. The average Bonchev–Trinajstić information content (AvgIpc) is 2.50. The van der Waals surface area contributed by atoms with Crippen LogP contribution in [-0.4, -0.2) is 29.3 Å². The van der Waals surface area contributed by atoms with Crippen molar-refractivity contribution in [2.75, 3.05) is 6.54 Å². The molecule has 0 radical (unpaired) electrons. The molecule has 0 aromatic heterocycles. The summed E-state index contributed by atoms with van der Waals surface area (Å²) in [6.45, 7) is 10.8. The Morgan fingerprint density at radius 2 is 1.73 bits per heavy atom. The van der Waals surface area contributed by atoms with Crippen molar-refractivity contribution >= 4 is 11.8 Å². The molecule has 0 heterocycles. The monoisotopic (exact) mass is 304 g/mol. The first kappa shape index (κ1) is 18.2. The summed E-state index contributed by atoms with van der Waals surface area (Å²) in [5, 5.41) is 2.90. The molecule has 4 heteroatoms. The van der Waals surface area contributed by atoms with Gasteiger partial charge in [-0.1, -0.05) is 50.6 Å². The highest BCUT2D eigenvalue weighted by Crippen LogP contribution is 2.12. The van der Waals surface area contributed by atoms with Crippen LogP contribution in [-0.2, 0) is 16.1 Å². The molecule has 0 unspecified atom stereocenters. The highest BCUT2D eigenvalue weighted by molar-refractivity contribution is 5.87. The summed E-state index contributed by atoms with van der Waals surface area (Å²) in [4.78, 5) is 26.1.